The zero-order chi connectivity index (χ0) is 12.4. The van der Waals surface area contributed by atoms with Crippen LogP contribution in [-0.4, -0.2) is 23.9 Å². The number of amides is 1. The first-order valence-electron chi connectivity index (χ1n) is 5.96. The number of nitrogens with zero attached hydrogens (tertiary/aromatic N) is 1. The lowest BCUT2D eigenvalue weighted by Gasteiger charge is -2.21. The van der Waals surface area contributed by atoms with E-state index in [1.165, 1.54) is 12.8 Å². The molecule has 1 aliphatic carbocycles. The van der Waals surface area contributed by atoms with Crippen LogP contribution in [-0.2, 0) is 0 Å². The van der Waals surface area contributed by atoms with Crippen LogP contribution in [0.1, 0.15) is 30.1 Å². The Kier molecular flexibility index (Phi) is 3.72. The molecule has 0 bridgehead atoms. The number of hydrogen-bond acceptors (Lipinski definition) is 2. The lowest BCUT2D eigenvalue weighted by Crippen LogP contribution is -2.33. The summed E-state index contributed by atoms with van der Waals surface area (Å²) in [6, 6.07) is 5.35. The first kappa shape index (κ1) is 12.4. The Balaban J connectivity index is 2.18. The molecule has 3 nitrogen and oxygen atoms in total. The van der Waals surface area contributed by atoms with Crippen LogP contribution in [0.25, 0.3) is 0 Å². The quantitative estimate of drug-likeness (QED) is 0.869. The number of hydrogen-bond donors (Lipinski definition) is 1. The molecule has 0 spiro atoms. The molecule has 92 valence electrons. The van der Waals surface area contributed by atoms with Gasteiger partial charge in [0.2, 0.25) is 0 Å². The third kappa shape index (κ3) is 3.00. The molecule has 2 N–H and O–H groups in total. The van der Waals surface area contributed by atoms with Crippen molar-refractivity contribution >= 4 is 27.5 Å². The fraction of sp³-hybridized carbons (Fsp3) is 0.462. The average molecular weight is 297 g/mol. The molecule has 0 aromatic heterocycles. The molecule has 0 saturated heterocycles. The van der Waals surface area contributed by atoms with Crippen molar-refractivity contribution < 1.29 is 4.79 Å². The van der Waals surface area contributed by atoms with E-state index >= 15 is 0 Å². The number of carbonyl (C=O) groups excluding carboxylic acids is 1. The number of anilines is 1. The Labute approximate surface area is 110 Å². The topological polar surface area (TPSA) is 46.3 Å². The Morgan fingerprint density at radius 2 is 2.24 bits per heavy atom. The highest BCUT2D eigenvalue weighted by molar-refractivity contribution is 9.10. The SMILES string of the molecule is CCN(CC1CC1)C(=O)c1cc(N)ccc1Br. The number of rotatable bonds is 4. The van der Waals surface area contributed by atoms with Gasteiger partial charge in [0.25, 0.3) is 5.91 Å². The maximum Gasteiger partial charge on any atom is 0.255 e. The lowest BCUT2D eigenvalue weighted by atomic mass is 10.1. The highest BCUT2D eigenvalue weighted by atomic mass is 79.9. The van der Waals surface area contributed by atoms with E-state index < -0.39 is 0 Å². The number of nitrogens with two attached hydrogens (primary N) is 1. The smallest absolute Gasteiger partial charge is 0.255 e. The molecule has 0 unspecified atom stereocenters. The molecule has 17 heavy (non-hydrogen) atoms. The van der Waals surface area contributed by atoms with Crippen molar-refractivity contribution in [2.24, 2.45) is 5.92 Å². The number of nitrogen functional groups attached to an aromatic ring is 1. The van der Waals surface area contributed by atoms with Crippen LogP contribution in [0.2, 0.25) is 0 Å². The monoisotopic (exact) mass is 296 g/mol. The maximum absolute atomic E-state index is 12.4. The Morgan fingerprint density at radius 1 is 1.53 bits per heavy atom. The van der Waals surface area contributed by atoms with E-state index in [0.717, 1.165) is 17.6 Å². The molecule has 1 aliphatic rings. The predicted molar refractivity (Wildman–Crippen MR) is 72.9 cm³/mol. The van der Waals surface area contributed by atoms with Crippen LogP contribution >= 0.6 is 15.9 Å². The van der Waals surface area contributed by atoms with Crippen molar-refractivity contribution in [3.63, 3.8) is 0 Å². The molecule has 2 rings (SSSR count). The van der Waals surface area contributed by atoms with Crippen LogP contribution in [0.4, 0.5) is 5.69 Å². The average Bonchev–Trinajstić information content (AvgIpc) is 3.12. The molecule has 0 radical (unpaired) electrons. The van der Waals surface area contributed by atoms with E-state index in [4.69, 9.17) is 5.73 Å². The first-order valence-corrected chi connectivity index (χ1v) is 6.75. The van der Waals surface area contributed by atoms with Crippen LogP contribution in [0.15, 0.2) is 22.7 Å². The molecular weight excluding hydrogens is 280 g/mol. The highest BCUT2D eigenvalue weighted by Gasteiger charge is 2.27. The minimum atomic E-state index is 0.0681. The summed E-state index contributed by atoms with van der Waals surface area (Å²) in [6.45, 7) is 3.63. The van der Waals surface area contributed by atoms with Crippen molar-refractivity contribution in [3.05, 3.63) is 28.2 Å². The second-order valence-corrected chi connectivity index (χ2v) is 5.38. The molecule has 1 aromatic carbocycles. The van der Waals surface area contributed by atoms with E-state index in [2.05, 4.69) is 15.9 Å². The summed E-state index contributed by atoms with van der Waals surface area (Å²) in [5.41, 5.74) is 7.01. The van der Waals surface area contributed by atoms with E-state index in [1.54, 1.807) is 12.1 Å². The van der Waals surface area contributed by atoms with E-state index in [-0.39, 0.29) is 5.91 Å². The zero-order valence-electron chi connectivity index (χ0n) is 9.95. The third-order valence-electron chi connectivity index (χ3n) is 3.07. The number of halogens is 1. The van der Waals surface area contributed by atoms with Gasteiger partial charge in [-0.2, -0.15) is 0 Å². The van der Waals surface area contributed by atoms with Gasteiger partial charge in [-0.3, -0.25) is 4.79 Å². The van der Waals surface area contributed by atoms with Gasteiger partial charge in [-0.15, -0.1) is 0 Å². The third-order valence-corrected chi connectivity index (χ3v) is 3.76. The summed E-state index contributed by atoms with van der Waals surface area (Å²) in [4.78, 5) is 14.3. The van der Waals surface area contributed by atoms with Crippen molar-refractivity contribution in [2.45, 2.75) is 19.8 Å². The molecule has 0 atom stereocenters. The Hall–Kier alpha value is -1.03. The van der Waals surface area contributed by atoms with Crippen LogP contribution in [0.3, 0.4) is 0 Å². The Morgan fingerprint density at radius 3 is 2.82 bits per heavy atom. The summed E-state index contributed by atoms with van der Waals surface area (Å²) in [5, 5.41) is 0. The normalized spacial score (nSPS) is 14.7. The van der Waals surface area contributed by atoms with Crippen LogP contribution in [0.5, 0.6) is 0 Å². The van der Waals surface area contributed by atoms with Gasteiger partial charge in [-0.25, -0.2) is 0 Å². The second-order valence-electron chi connectivity index (χ2n) is 4.53. The zero-order valence-corrected chi connectivity index (χ0v) is 11.5. The highest BCUT2D eigenvalue weighted by Crippen LogP contribution is 2.30. The summed E-state index contributed by atoms with van der Waals surface area (Å²) in [6.07, 6.45) is 2.50. The second kappa shape index (κ2) is 5.08. The lowest BCUT2D eigenvalue weighted by molar-refractivity contribution is 0.0756. The van der Waals surface area contributed by atoms with Gasteiger partial charge in [0.05, 0.1) is 5.56 Å². The van der Waals surface area contributed by atoms with Crippen molar-refractivity contribution in [1.82, 2.24) is 4.90 Å². The minimum absolute atomic E-state index is 0.0681. The van der Waals surface area contributed by atoms with Gasteiger partial charge >= 0.3 is 0 Å². The van der Waals surface area contributed by atoms with E-state index in [1.807, 2.05) is 17.9 Å². The molecule has 4 heteroatoms. The van der Waals surface area contributed by atoms with Crippen LogP contribution < -0.4 is 5.73 Å². The summed E-state index contributed by atoms with van der Waals surface area (Å²) < 4.78 is 0.811. The van der Waals surface area contributed by atoms with E-state index in [9.17, 15) is 4.79 Å². The summed E-state index contributed by atoms with van der Waals surface area (Å²) in [5.74, 6) is 0.775. The van der Waals surface area contributed by atoms with E-state index in [0.29, 0.717) is 17.2 Å². The molecular formula is C13H17BrN2O. The number of benzene rings is 1. The van der Waals surface area contributed by atoms with Crippen molar-refractivity contribution in [2.75, 3.05) is 18.8 Å². The van der Waals surface area contributed by atoms with Gasteiger partial charge < -0.3 is 10.6 Å². The predicted octanol–water partition coefficient (Wildman–Crippen LogP) is 2.90. The van der Waals surface area contributed by atoms with Gasteiger partial charge in [-0.05, 0) is 59.8 Å². The summed E-state index contributed by atoms with van der Waals surface area (Å²) >= 11 is 3.41. The number of carbonyl (C=O) groups is 1. The molecule has 0 heterocycles. The molecule has 1 saturated carbocycles. The maximum atomic E-state index is 12.4. The van der Waals surface area contributed by atoms with Crippen molar-refractivity contribution in [1.29, 1.82) is 0 Å². The largest absolute Gasteiger partial charge is 0.399 e. The van der Waals surface area contributed by atoms with Gasteiger partial charge in [0.15, 0.2) is 0 Å². The summed E-state index contributed by atoms with van der Waals surface area (Å²) in [7, 11) is 0. The minimum Gasteiger partial charge on any atom is -0.399 e. The molecule has 1 aromatic rings. The van der Waals surface area contributed by atoms with Crippen LogP contribution in [0, 0.1) is 5.92 Å². The fourth-order valence-corrected chi connectivity index (χ4v) is 2.26. The molecule has 1 amide bonds. The van der Waals surface area contributed by atoms with Crippen molar-refractivity contribution in [3.8, 4) is 0 Å². The van der Waals surface area contributed by atoms with Gasteiger partial charge in [0.1, 0.15) is 0 Å². The Bertz CT molecular complexity index is 429. The first-order chi connectivity index (χ1) is 8.11. The molecule has 1 fully saturated rings. The van der Waals surface area contributed by atoms with Gasteiger partial charge in [-0.1, -0.05) is 0 Å². The fourth-order valence-electron chi connectivity index (χ4n) is 1.84. The van der Waals surface area contributed by atoms with Gasteiger partial charge in [0, 0.05) is 23.2 Å². The molecule has 0 aliphatic heterocycles. The standard InChI is InChI=1S/C13H17BrN2O/c1-2-16(8-9-3-4-9)13(17)11-7-10(15)5-6-12(11)14/h5-7,9H,2-4,8,15H2,1H3.